The van der Waals surface area contributed by atoms with Crippen molar-refractivity contribution in [2.45, 2.75) is 13.0 Å². The van der Waals surface area contributed by atoms with Gasteiger partial charge < -0.3 is 0 Å². The summed E-state index contributed by atoms with van der Waals surface area (Å²) in [7, 11) is 0. The second-order valence-corrected chi connectivity index (χ2v) is 5.05. The highest BCUT2D eigenvalue weighted by molar-refractivity contribution is 9.10. The molecule has 1 unspecified atom stereocenters. The maximum atomic E-state index is 12.2. The van der Waals surface area contributed by atoms with Gasteiger partial charge in [0.15, 0.2) is 0 Å². The smallest absolute Gasteiger partial charge is 0.261 e. The van der Waals surface area contributed by atoms with Gasteiger partial charge in [-0.15, -0.1) is 0 Å². The molecule has 0 amide bonds. The van der Waals surface area contributed by atoms with E-state index in [1.807, 2.05) is 12.1 Å². The Morgan fingerprint density at radius 1 is 1.53 bits per heavy atom. The Morgan fingerprint density at radius 2 is 2.35 bits per heavy atom. The number of nitrogens with zero attached hydrogens (tertiary/aromatic N) is 3. The summed E-state index contributed by atoms with van der Waals surface area (Å²) in [5.74, 6) is 0.586. The van der Waals surface area contributed by atoms with Gasteiger partial charge in [0.1, 0.15) is 5.82 Å². The lowest BCUT2D eigenvalue weighted by atomic mass is 10.1. The van der Waals surface area contributed by atoms with Crippen molar-refractivity contribution in [3.05, 3.63) is 38.9 Å². The summed E-state index contributed by atoms with van der Waals surface area (Å²) < 4.78 is 2.51. The van der Waals surface area contributed by atoms with Crippen LogP contribution in [0, 0.1) is 17.2 Å². The highest BCUT2D eigenvalue weighted by Gasteiger charge is 2.24. The topological polar surface area (TPSA) is 58.7 Å². The molecule has 0 spiro atoms. The van der Waals surface area contributed by atoms with Gasteiger partial charge in [-0.25, -0.2) is 4.98 Å². The quantitative estimate of drug-likeness (QED) is 0.744. The number of halogens is 1. The van der Waals surface area contributed by atoms with Gasteiger partial charge in [0, 0.05) is 17.4 Å². The van der Waals surface area contributed by atoms with E-state index in [1.54, 1.807) is 10.6 Å². The third-order valence-electron chi connectivity index (χ3n) is 3.01. The number of aromatic nitrogens is 2. The van der Waals surface area contributed by atoms with Gasteiger partial charge in [-0.3, -0.25) is 9.36 Å². The van der Waals surface area contributed by atoms with E-state index in [4.69, 9.17) is 5.26 Å². The van der Waals surface area contributed by atoms with Gasteiger partial charge in [-0.05, 0) is 18.2 Å². The minimum absolute atomic E-state index is 0.0461. The van der Waals surface area contributed by atoms with Crippen molar-refractivity contribution in [3.8, 4) is 6.07 Å². The number of benzene rings is 1. The van der Waals surface area contributed by atoms with Gasteiger partial charge in [0.2, 0.25) is 0 Å². The lowest BCUT2D eigenvalue weighted by Crippen LogP contribution is -2.21. The summed E-state index contributed by atoms with van der Waals surface area (Å²) in [6.45, 7) is 0.462. The number of rotatable bonds is 0. The average Bonchev–Trinajstić information content (AvgIpc) is 2.72. The standard InChI is InChI=1S/C12H8BrN3O/c13-8-1-2-9-10(4-8)15-11-3-7(5-14)6-16(11)12(9)17/h1-2,4,7H,3,6H2. The Labute approximate surface area is 106 Å². The zero-order valence-electron chi connectivity index (χ0n) is 8.85. The van der Waals surface area contributed by atoms with Crippen molar-refractivity contribution in [2.24, 2.45) is 5.92 Å². The first-order chi connectivity index (χ1) is 8.19. The molecule has 2 heterocycles. The highest BCUT2D eigenvalue weighted by atomic mass is 79.9. The van der Waals surface area contributed by atoms with Crippen LogP contribution in [-0.2, 0) is 13.0 Å². The van der Waals surface area contributed by atoms with E-state index in [2.05, 4.69) is 27.0 Å². The summed E-state index contributed by atoms with van der Waals surface area (Å²) in [5.41, 5.74) is 0.643. The Bertz CT molecular complexity index is 714. The van der Waals surface area contributed by atoms with E-state index >= 15 is 0 Å². The second-order valence-electron chi connectivity index (χ2n) is 4.14. The zero-order chi connectivity index (χ0) is 12.0. The van der Waals surface area contributed by atoms with Gasteiger partial charge in [-0.2, -0.15) is 5.26 Å². The molecule has 0 aliphatic carbocycles. The van der Waals surface area contributed by atoms with Crippen molar-refractivity contribution in [1.29, 1.82) is 5.26 Å². The SMILES string of the molecule is N#CC1Cc2nc3cc(Br)ccc3c(=O)n2C1. The van der Waals surface area contributed by atoms with Crippen LogP contribution in [0.1, 0.15) is 5.82 Å². The maximum Gasteiger partial charge on any atom is 0.261 e. The van der Waals surface area contributed by atoms with Crippen LogP contribution in [0.3, 0.4) is 0 Å². The van der Waals surface area contributed by atoms with Crippen LogP contribution in [0.2, 0.25) is 0 Å². The van der Waals surface area contributed by atoms with Gasteiger partial charge in [0.25, 0.3) is 5.56 Å². The first-order valence-electron chi connectivity index (χ1n) is 5.27. The molecule has 1 atom stereocenters. The van der Waals surface area contributed by atoms with Gasteiger partial charge >= 0.3 is 0 Å². The molecule has 17 heavy (non-hydrogen) atoms. The summed E-state index contributed by atoms with van der Waals surface area (Å²) in [5, 5.41) is 9.52. The second kappa shape index (κ2) is 3.67. The van der Waals surface area contributed by atoms with E-state index in [0.717, 1.165) is 4.47 Å². The van der Waals surface area contributed by atoms with E-state index in [1.165, 1.54) is 0 Å². The predicted molar refractivity (Wildman–Crippen MR) is 66.5 cm³/mol. The normalized spacial score (nSPS) is 18.0. The molecule has 0 saturated carbocycles. The first-order valence-corrected chi connectivity index (χ1v) is 6.07. The molecule has 2 aromatic rings. The Morgan fingerprint density at radius 3 is 3.12 bits per heavy atom. The minimum Gasteiger partial charge on any atom is -0.295 e. The molecular weight excluding hydrogens is 282 g/mol. The summed E-state index contributed by atoms with van der Waals surface area (Å²) in [6.07, 6.45) is 0.564. The van der Waals surface area contributed by atoms with Crippen molar-refractivity contribution < 1.29 is 0 Å². The number of hydrogen-bond acceptors (Lipinski definition) is 3. The van der Waals surface area contributed by atoms with E-state index in [0.29, 0.717) is 29.7 Å². The molecule has 0 fully saturated rings. The molecule has 1 aromatic heterocycles. The number of hydrogen-bond donors (Lipinski definition) is 0. The Hall–Kier alpha value is -1.67. The average molecular weight is 290 g/mol. The number of fused-ring (bicyclic) bond motifs is 2. The van der Waals surface area contributed by atoms with E-state index in [9.17, 15) is 4.79 Å². The predicted octanol–water partition coefficient (Wildman–Crippen LogP) is 1.85. The first kappa shape index (κ1) is 10.5. The third-order valence-corrected chi connectivity index (χ3v) is 3.50. The van der Waals surface area contributed by atoms with Crippen LogP contribution in [0.25, 0.3) is 10.9 Å². The molecule has 5 heteroatoms. The zero-order valence-corrected chi connectivity index (χ0v) is 10.4. The molecule has 1 aromatic carbocycles. The summed E-state index contributed by atoms with van der Waals surface area (Å²) in [4.78, 5) is 16.6. The fourth-order valence-corrected chi connectivity index (χ4v) is 2.53. The maximum absolute atomic E-state index is 12.2. The largest absolute Gasteiger partial charge is 0.295 e. The lowest BCUT2D eigenvalue weighted by molar-refractivity contribution is 0.623. The lowest BCUT2D eigenvalue weighted by Gasteiger charge is -2.04. The fraction of sp³-hybridized carbons (Fsp3) is 0.250. The minimum atomic E-state index is -0.129. The highest BCUT2D eigenvalue weighted by Crippen LogP contribution is 2.21. The van der Waals surface area contributed by atoms with Crippen LogP contribution >= 0.6 is 15.9 Å². The van der Waals surface area contributed by atoms with Crippen molar-refractivity contribution in [1.82, 2.24) is 9.55 Å². The van der Waals surface area contributed by atoms with Crippen molar-refractivity contribution in [3.63, 3.8) is 0 Å². The monoisotopic (exact) mass is 289 g/mol. The van der Waals surface area contributed by atoms with E-state index in [-0.39, 0.29) is 11.5 Å². The molecule has 84 valence electrons. The molecule has 3 rings (SSSR count). The van der Waals surface area contributed by atoms with Crippen LogP contribution in [0.5, 0.6) is 0 Å². The van der Waals surface area contributed by atoms with Crippen LogP contribution < -0.4 is 5.56 Å². The molecule has 4 nitrogen and oxygen atoms in total. The van der Waals surface area contributed by atoms with E-state index < -0.39 is 0 Å². The van der Waals surface area contributed by atoms with Crippen LogP contribution in [0.4, 0.5) is 0 Å². The third kappa shape index (κ3) is 1.56. The molecule has 1 aliphatic rings. The van der Waals surface area contributed by atoms with Crippen LogP contribution in [-0.4, -0.2) is 9.55 Å². The Kier molecular flexibility index (Phi) is 2.26. The van der Waals surface area contributed by atoms with Crippen molar-refractivity contribution >= 4 is 26.8 Å². The summed E-state index contributed by atoms with van der Waals surface area (Å²) in [6, 6.07) is 7.62. The summed E-state index contributed by atoms with van der Waals surface area (Å²) >= 11 is 3.36. The van der Waals surface area contributed by atoms with Crippen LogP contribution in [0.15, 0.2) is 27.5 Å². The molecule has 0 radical (unpaired) electrons. The van der Waals surface area contributed by atoms with Gasteiger partial charge in [0.05, 0.1) is 22.9 Å². The fourth-order valence-electron chi connectivity index (χ4n) is 2.18. The molecule has 0 N–H and O–H groups in total. The molecule has 0 bridgehead atoms. The molecule has 0 saturated heterocycles. The molecule has 1 aliphatic heterocycles. The number of nitriles is 1. The van der Waals surface area contributed by atoms with Crippen molar-refractivity contribution in [2.75, 3.05) is 0 Å². The molecular formula is C12H8BrN3O. The Balaban J connectivity index is 2.32. The van der Waals surface area contributed by atoms with Gasteiger partial charge in [-0.1, -0.05) is 15.9 Å².